The fraction of sp³-hybridized carbons (Fsp3) is 0.833. The first-order valence-corrected chi connectivity index (χ1v) is 2.97. The summed E-state index contributed by atoms with van der Waals surface area (Å²) in [5, 5.41) is 3.01. The quantitative estimate of drug-likeness (QED) is 0.524. The number of hydrogen-bond donors (Lipinski definition) is 1. The molecule has 1 unspecified atom stereocenters. The maximum absolute atomic E-state index is 10.8. The van der Waals surface area contributed by atoms with Crippen molar-refractivity contribution in [2.45, 2.75) is 25.8 Å². The smallest absolute Gasteiger partial charge is 0.153 e. The molecule has 0 aromatic heterocycles. The number of rotatable bonds is 2. The van der Waals surface area contributed by atoms with E-state index in [-0.39, 0.29) is 5.54 Å². The topological polar surface area (TPSA) is 39.0 Å². The van der Waals surface area contributed by atoms with Gasteiger partial charge in [-0.05, 0) is 6.92 Å². The van der Waals surface area contributed by atoms with Crippen LogP contribution < -0.4 is 5.32 Å². The first kappa shape index (κ1) is 5.76. The molecular formula is C6H11NO. The minimum atomic E-state index is -0.130. The molecule has 2 heteroatoms. The van der Waals surface area contributed by atoms with Crippen molar-refractivity contribution in [3.05, 3.63) is 0 Å². The third-order valence-corrected chi connectivity index (χ3v) is 1.64. The van der Waals surface area contributed by atoms with Gasteiger partial charge in [0.25, 0.3) is 0 Å². The van der Waals surface area contributed by atoms with Gasteiger partial charge in [-0.25, -0.2) is 0 Å². The number of carbonyl (C=O) groups excluding carboxylic acids is 1. The standard InChI is InChI=1S/C6H11NO/c1-3-5(8)6(2)4-7-6/h7H,3-4H2,1-2H3. The first-order chi connectivity index (χ1) is 3.69. The van der Waals surface area contributed by atoms with E-state index in [0.29, 0.717) is 12.2 Å². The van der Waals surface area contributed by atoms with E-state index < -0.39 is 0 Å². The van der Waals surface area contributed by atoms with Crippen LogP contribution in [0.25, 0.3) is 0 Å². The summed E-state index contributed by atoms with van der Waals surface area (Å²) in [7, 11) is 0. The Hall–Kier alpha value is -0.370. The zero-order valence-electron chi connectivity index (χ0n) is 5.32. The normalized spacial score (nSPS) is 34.8. The molecule has 2 nitrogen and oxygen atoms in total. The Balaban J connectivity index is 2.46. The third-order valence-electron chi connectivity index (χ3n) is 1.64. The van der Waals surface area contributed by atoms with E-state index in [0.717, 1.165) is 6.54 Å². The molecule has 1 saturated heterocycles. The van der Waals surface area contributed by atoms with E-state index in [4.69, 9.17) is 0 Å². The average Bonchev–Trinajstić information content (AvgIpc) is 2.47. The zero-order chi connectivity index (χ0) is 6.20. The fourth-order valence-corrected chi connectivity index (χ4v) is 0.720. The average molecular weight is 113 g/mol. The molecule has 1 aliphatic heterocycles. The lowest BCUT2D eigenvalue weighted by molar-refractivity contribution is -0.120. The lowest BCUT2D eigenvalue weighted by atomic mass is 10.1. The summed E-state index contributed by atoms with van der Waals surface area (Å²) >= 11 is 0. The Labute approximate surface area is 49.3 Å². The van der Waals surface area contributed by atoms with Gasteiger partial charge in [-0.3, -0.25) is 4.79 Å². The van der Waals surface area contributed by atoms with E-state index in [2.05, 4.69) is 5.32 Å². The van der Waals surface area contributed by atoms with Gasteiger partial charge in [0.05, 0.1) is 5.54 Å². The molecule has 0 spiro atoms. The van der Waals surface area contributed by atoms with Crippen molar-refractivity contribution in [2.24, 2.45) is 0 Å². The van der Waals surface area contributed by atoms with Gasteiger partial charge in [0.15, 0.2) is 5.78 Å². The molecule has 0 saturated carbocycles. The Kier molecular flexibility index (Phi) is 1.12. The summed E-state index contributed by atoms with van der Waals surface area (Å²) in [6.07, 6.45) is 0.656. The Bertz CT molecular complexity index is 116. The molecule has 1 fully saturated rings. The van der Waals surface area contributed by atoms with Gasteiger partial charge in [-0.1, -0.05) is 6.92 Å². The molecule has 1 atom stereocenters. The highest BCUT2D eigenvalue weighted by molar-refractivity contribution is 5.90. The number of hydrogen-bond acceptors (Lipinski definition) is 2. The summed E-state index contributed by atoms with van der Waals surface area (Å²) in [6.45, 7) is 4.71. The van der Waals surface area contributed by atoms with Crippen LogP contribution in [0.2, 0.25) is 0 Å². The van der Waals surface area contributed by atoms with Crippen LogP contribution in [0.5, 0.6) is 0 Å². The molecule has 0 aliphatic carbocycles. The van der Waals surface area contributed by atoms with Gasteiger partial charge >= 0.3 is 0 Å². The number of carbonyl (C=O) groups is 1. The van der Waals surface area contributed by atoms with Crippen molar-refractivity contribution in [2.75, 3.05) is 6.54 Å². The van der Waals surface area contributed by atoms with Crippen LogP contribution in [0.1, 0.15) is 20.3 Å². The van der Waals surface area contributed by atoms with Gasteiger partial charge in [0, 0.05) is 13.0 Å². The van der Waals surface area contributed by atoms with Gasteiger partial charge in [-0.2, -0.15) is 0 Å². The molecule has 0 radical (unpaired) electrons. The molecule has 0 amide bonds. The molecule has 1 aliphatic rings. The van der Waals surface area contributed by atoms with Gasteiger partial charge in [0.2, 0.25) is 0 Å². The van der Waals surface area contributed by atoms with Crippen LogP contribution >= 0.6 is 0 Å². The van der Waals surface area contributed by atoms with E-state index in [1.165, 1.54) is 0 Å². The van der Waals surface area contributed by atoms with Gasteiger partial charge in [0.1, 0.15) is 0 Å². The van der Waals surface area contributed by atoms with Crippen molar-refractivity contribution in [1.29, 1.82) is 0 Å². The molecule has 0 aromatic rings. The highest BCUT2D eigenvalue weighted by atomic mass is 16.1. The summed E-state index contributed by atoms with van der Waals surface area (Å²) in [5.74, 6) is 0.331. The van der Waals surface area contributed by atoms with Crippen LogP contribution in [-0.2, 0) is 4.79 Å². The van der Waals surface area contributed by atoms with Crippen LogP contribution in [0.3, 0.4) is 0 Å². The van der Waals surface area contributed by atoms with E-state index in [9.17, 15) is 4.79 Å². The van der Waals surface area contributed by atoms with Crippen molar-refractivity contribution >= 4 is 5.78 Å². The van der Waals surface area contributed by atoms with Crippen LogP contribution in [0.4, 0.5) is 0 Å². The summed E-state index contributed by atoms with van der Waals surface area (Å²) < 4.78 is 0. The highest BCUT2D eigenvalue weighted by Gasteiger charge is 2.42. The Morgan fingerprint density at radius 3 is 2.50 bits per heavy atom. The van der Waals surface area contributed by atoms with Gasteiger partial charge in [-0.15, -0.1) is 0 Å². The minimum absolute atomic E-state index is 0.130. The minimum Gasteiger partial charge on any atom is -0.302 e. The number of ketones is 1. The molecule has 1 rings (SSSR count). The third kappa shape index (κ3) is 0.757. The largest absolute Gasteiger partial charge is 0.302 e. The van der Waals surface area contributed by atoms with Crippen molar-refractivity contribution in [3.63, 3.8) is 0 Å². The van der Waals surface area contributed by atoms with Crippen LogP contribution in [0, 0.1) is 0 Å². The van der Waals surface area contributed by atoms with Crippen molar-refractivity contribution < 1.29 is 4.79 Å². The monoisotopic (exact) mass is 113 g/mol. The molecule has 0 aromatic carbocycles. The van der Waals surface area contributed by atoms with Crippen LogP contribution in [0.15, 0.2) is 0 Å². The molecule has 1 N–H and O–H groups in total. The second-order valence-corrected chi connectivity index (χ2v) is 2.46. The Morgan fingerprint density at radius 2 is 2.38 bits per heavy atom. The molecule has 46 valence electrons. The maximum atomic E-state index is 10.8. The fourth-order valence-electron chi connectivity index (χ4n) is 0.720. The summed E-state index contributed by atoms with van der Waals surface area (Å²) in [6, 6.07) is 0. The molecule has 1 heterocycles. The lowest BCUT2D eigenvalue weighted by Crippen LogP contribution is -2.22. The second-order valence-electron chi connectivity index (χ2n) is 2.46. The van der Waals surface area contributed by atoms with E-state index in [1.54, 1.807) is 0 Å². The molecular weight excluding hydrogens is 102 g/mol. The highest BCUT2D eigenvalue weighted by Crippen LogP contribution is 2.17. The zero-order valence-corrected chi connectivity index (χ0v) is 5.32. The summed E-state index contributed by atoms with van der Waals surface area (Å²) in [5.41, 5.74) is -0.130. The predicted molar refractivity (Wildman–Crippen MR) is 31.7 cm³/mol. The maximum Gasteiger partial charge on any atom is 0.153 e. The Morgan fingerprint density at radius 1 is 1.88 bits per heavy atom. The lowest BCUT2D eigenvalue weighted by Gasteiger charge is -1.99. The van der Waals surface area contributed by atoms with Crippen molar-refractivity contribution in [3.8, 4) is 0 Å². The second kappa shape index (κ2) is 1.55. The summed E-state index contributed by atoms with van der Waals surface area (Å²) in [4.78, 5) is 10.8. The van der Waals surface area contributed by atoms with Crippen LogP contribution in [-0.4, -0.2) is 17.9 Å². The van der Waals surface area contributed by atoms with E-state index in [1.807, 2.05) is 13.8 Å². The molecule has 8 heavy (non-hydrogen) atoms. The van der Waals surface area contributed by atoms with Gasteiger partial charge < -0.3 is 5.32 Å². The number of nitrogens with one attached hydrogen (secondary N) is 1. The van der Waals surface area contributed by atoms with E-state index >= 15 is 0 Å². The SMILES string of the molecule is CCC(=O)C1(C)CN1. The first-order valence-electron chi connectivity index (χ1n) is 2.97. The van der Waals surface area contributed by atoms with Crippen molar-refractivity contribution in [1.82, 2.24) is 5.32 Å². The number of Topliss-reactive ketones (excluding diaryl/α,β-unsaturated/α-hetero) is 1. The predicted octanol–water partition coefficient (Wildman–Crippen LogP) is 0.327. The molecule has 0 bridgehead atoms.